The molecule has 0 saturated heterocycles. The molecule has 0 aromatic heterocycles. The van der Waals surface area contributed by atoms with Crippen molar-refractivity contribution in [2.24, 2.45) is 5.73 Å². The number of benzene rings is 1. The van der Waals surface area contributed by atoms with Crippen molar-refractivity contribution in [2.75, 3.05) is 11.1 Å². The molecule has 1 aromatic rings. The van der Waals surface area contributed by atoms with E-state index in [1.165, 1.54) is 0 Å². The summed E-state index contributed by atoms with van der Waals surface area (Å²) in [6, 6.07) is 4.92. The molecule has 1 aliphatic rings. The van der Waals surface area contributed by atoms with E-state index in [1.807, 2.05) is 6.07 Å². The Morgan fingerprint density at radius 3 is 3.00 bits per heavy atom. The minimum Gasteiger partial charge on any atom is -0.324 e. The first kappa shape index (κ1) is 12.6. The van der Waals surface area contributed by atoms with E-state index < -0.39 is 6.04 Å². The number of fused-ring (bicyclic) bond motifs is 1. The zero-order chi connectivity index (χ0) is 10.1. The first-order valence-electron chi connectivity index (χ1n) is 4.15. The lowest BCUT2D eigenvalue weighted by Crippen LogP contribution is -2.36. The van der Waals surface area contributed by atoms with Crippen molar-refractivity contribution in [1.82, 2.24) is 0 Å². The van der Waals surface area contributed by atoms with E-state index >= 15 is 0 Å². The van der Waals surface area contributed by atoms with Crippen LogP contribution in [0, 0.1) is 0 Å². The zero-order valence-electron chi connectivity index (χ0n) is 7.70. The molecule has 0 fully saturated rings. The second kappa shape index (κ2) is 5.07. The fourth-order valence-electron chi connectivity index (χ4n) is 1.20. The lowest BCUT2D eigenvalue weighted by atomic mass is 10.3. The van der Waals surface area contributed by atoms with Gasteiger partial charge in [-0.2, -0.15) is 0 Å². The topological polar surface area (TPSA) is 55.1 Å². The van der Waals surface area contributed by atoms with Gasteiger partial charge in [-0.3, -0.25) is 4.79 Å². The van der Waals surface area contributed by atoms with Gasteiger partial charge in [0.1, 0.15) is 0 Å². The number of halogens is 2. The van der Waals surface area contributed by atoms with Crippen LogP contribution in [-0.2, 0) is 4.79 Å². The van der Waals surface area contributed by atoms with Crippen LogP contribution in [0.5, 0.6) is 0 Å². The van der Waals surface area contributed by atoms with Crippen molar-refractivity contribution >= 4 is 47.4 Å². The number of anilines is 1. The van der Waals surface area contributed by atoms with E-state index in [2.05, 4.69) is 5.32 Å². The summed E-state index contributed by atoms with van der Waals surface area (Å²) in [5.74, 6) is 0.442. The van der Waals surface area contributed by atoms with Gasteiger partial charge in [0.2, 0.25) is 5.91 Å². The second-order valence-electron chi connectivity index (χ2n) is 3.05. The maximum Gasteiger partial charge on any atom is 0.242 e. The smallest absolute Gasteiger partial charge is 0.242 e. The number of hydrogen-bond donors (Lipinski definition) is 2. The Labute approximate surface area is 103 Å². The van der Waals surface area contributed by atoms with Crippen LogP contribution in [0.4, 0.5) is 5.69 Å². The van der Waals surface area contributed by atoms with Gasteiger partial charge < -0.3 is 11.1 Å². The Morgan fingerprint density at radius 1 is 1.53 bits per heavy atom. The summed E-state index contributed by atoms with van der Waals surface area (Å²) in [6.45, 7) is 0. The van der Waals surface area contributed by atoms with Gasteiger partial charge in [0, 0.05) is 15.7 Å². The molecule has 0 saturated carbocycles. The van der Waals surface area contributed by atoms with Gasteiger partial charge in [-0.1, -0.05) is 11.6 Å². The molecule has 1 aliphatic heterocycles. The molecule has 82 valence electrons. The second-order valence-corrected chi connectivity index (χ2v) is 4.55. The Bertz CT molecular complexity index is 386. The minimum absolute atomic E-state index is 0. The molecule has 1 amide bonds. The van der Waals surface area contributed by atoms with Crippen LogP contribution in [0.25, 0.3) is 0 Å². The van der Waals surface area contributed by atoms with Crippen molar-refractivity contribution in [3.63, 3.8) is 0 Å². The van der Waals surface area contributed by atoms with E-state index in [4.69, 9.17) is 17.3 Å². The molecule has 0 radical (unpaired) electrons. The lowest BCUT2D eigenvalue weighted by molar-refractivity contribution is -0.116. The molecule has 0 unspecified atom stereocenters. The highest BCUT2D eigenvalue weighted by molar-refractivity contribution is 7.99. The molecule has 1 atom stereocenters. The van der Waals surface area contributed by atoms with Crippen molar-refractivity contribution in [3.8, 4) is 0 Å². The fourth-order valence-corrected chi connectivity index (χ4v) is 2.43. The third-order valence-corrected chi connectivity index (χ3v) is 3.37. The van der Waals surface area contributed by atoms with Crippen LogP contribution in [0.1, 0.15) is 0 Å². The van der Waals surface area contributed by atoms with E-state index in [0.29, 0.717) is 10.8 Å². The molecule has 0 bridgehead atoms. The maximum atomic E-state index is 11.4. The summed E-state index contributed by atoms with van der Waals surface area (Å²) in [5, 5.41) is 3.42. The molecule has 0 aliphatic carbocycles. The van der Waals surface area contributed by atoms with Crippen LogP contribution in [0.3, 0.4) is 0 Å². The average Bonchev–Trinajstić information content (AvgIpc) is 2.29. The molecule has 6 heteroatoms. The third kappa shape index (κ3) is 2.78. The Hall–Kier alpha value is -0.420. The number of nitrogens with two attached hydrogens (primary N) is 1. The largest absolute Gasteiger partial charge is 0.324 e. The number of nitrogens with one attached hydrogen (secondary N) is 1. The summed E-state index contributed by atoms with van der Waals surface area (Å²) in [4.78, 5) is 12.4. The quantitative estimate of drug-likeness (QED) is 0.755. The summed E-state index contributed by atoms with van der Waals surface area (Å²) in [6.07, 6.45) is 0. The number of hydrogen-bond acceptors (Lipinski definition) is 3. The first-order valence-corrected chi connectivity index (χ1v) is 5.52. The summed E-state index contributed by atoms with van der Waals surface area (Å²) >= 11 is 7.39. The lowest BCUT2D eigenvalue weighted by Gasteiger charge is -2.06. The van der Waals surface area contributed by atoms with Crippen LogP contribution in [0.2, 0.25) is 5.02 Å². The van der Waals surface area contributed by atoms with Crippen molar-refractivity contribution in [2.45, 2.75) is 10.9 Å². The van der Waals surface area contributed by atoms with Crippen molar-refractivity contribution in [1.29, 1.82) is 0 Å². The van der Waals surface area contributed by atoms with E-state index in [9.17, 15) is 4.79 Å². The average molecular weight is 265 g/mol. The highest BCUT2D eigenvalue weighted by Crippen LogP contribution is 2.32. The molecule has 3 nitrogen and oxygen atoms in total. The monoisotopic (exact) mass is 264 g/mol. The Morgan fingerprint density at radius 2 is 2.27 bits per heavy atom. The Balaban J connectivity index is 0.00000112. The standard InChI is InChI=1S/C9H9ClN2OS.ClH/c10-5-1-2-7-8(3-5)14-4-6(11)9(13)12-7;/h1-3,6H,4,11H2,(H,12,13);1H/t6-;/m0./s1. The van der Waals surface area contributed by atoms with Crippen molar-refractivity contribution < 1.29 is 4.79 Å². The van der Waals surface area contributed by atoms with Gasteiger partial charge in [0.15, 0.2) is 0 Å². The highest BCUT2D eigenvalue weighted by Gasteiger charge is 2.20. The van der Waals surface area contributed by atoms with Gasteiger partial charge in [0.05, 0.1) is 11.7 Å². The first-order chi connectivity index (χ1) is 6.66. The molecule has 1 heterocycles. The normalized spacial score (nSPS) is 19.6. The molecular formula is C9H10Cl2N2OS. The van der Waals surface area contributed by atoms with E-state index in [1.54, 1.807) is 23.9 Å². The zero-order valence-corrected chi connectivity index (χ0v) is 10.1. The predicted molar refractivity (Wildman–Crippen MR) is 66.0 cm³/mol. The molecule has 2 rings (SSSR count). The highest BCUT2D eigenvalue weighted by atomic mass is 35.5. The summed E-state index contributed by atoms with van der Waals surface area (Å²) < 4.78 is 0. The fraction of sp³-hybridized carbons (Fsp3) is 0.222. The summed E-state index contributed by atoms with van der Waals surface area (Å²) in [5.41, 5.74) is 6.42. The molecule has 0 spiro atoms. The number of amides is 1. The number of carbonyl (C=O) groups is 1. The molecule has 15 heavy (non-hydrogen) atoms. The van der Waals surface area contributed by atoms with Gasteiger partial charge in [-0.15, -0.1) is 24.2 Å². The molecular weight excluding hydrogens is 255 g/mol. The van der Waals surface area contributed by atoms with Crippen LogP contribution < -0.4 is 11.1 Å². The van der Waals surface area contributed by atoms with Gasteiger partial charge in [-0.05, 0) is 18.2 Å². The number of thioether (sulfide) groups is 1. The SMILES string of the molecule is Cl.N[C@H]1CSc2cc(Cl)ccc2NC1=O. The van der Waals surface area contributed by atoms with Crippen LogP contribution in [-0.4, -0.2) is 17.7 Å². The summed E-state index contributed by atoms with van der Waals surface area (Å²) in [7, 11) is 0. The van der Waals surface area contributed by atoms with E-state index in [-0.39, 0.29) is 18.3 Å². The molecule has 3 N–H and O–H groups in total. The number of rotatable bonds is 0. The minimum atomic E-state index is -0.453. The van der Waals surface area contributed by atoms with Gasteiger partial charge >= 0.3 is 0 Å². The van der Waals surface area contributed by atoms with Crippen LogP contribution in [0.15, 0.2) is 23.1 Å². The number of carbonyl (C=O) groups excluding carboxylic acids is 1. The third-order valence-electron chi connectivity index (χ3n) is 1.96. The van der Waals surface area contributed by atoms with Gasteiger partial charge in [0.25, 0.3) is 0 Å². The van der Waals surface area contributed by atoms with Gasteiger partial charge in [-0.25, -0.2) is 0 Å². The van der Waals surface area contributed by atoms with Crippen LogP contribution >= 0.6 is 35.8 Å². The van der Waals surface area contributed by atoms with Crippen molar-refractivity contribution in [3.05, 3.63) is 23.2 Å². The maximum absolute atomic E-state index is 11.4. The van der Waals surface area contributed by atoms with E-state index in [0.717, 1.165) is 10.6 Å². The predicted octanol–water partition coefficient (Wildman–Crippen LogP) is 2.13. The molecule has 1 aromatic carbocycles. The Kier molecular flexibility index (Phi) is 4.28.